The average molecular weight is 452 g/mol. The van der Waals surface area contributed by atoms with E-state index in [1.165, 1.54) is 0 Å². The number of para-hydroxylation sites is 3. The van der Waals surface area contributed by atoms with E-state index < -0.39 is 6.10 Å². The van der Waals surface area contributed by atoms with Crippen molar-refractivity contribution in [1.82, 2.24) is 14.7 Å². The first-order chi connectivity index (χ1) is 16.0. The fourth-order valence-electron chi connectivity index (χ4n) is 4.25. The van der Waals surface area contributed by atoms with Crippen LogP contribution < -0.4 is 9.47 Å². The number of benzene rings is 2. The summed E-state index contributed by atoms with van der Waals surface area (Å²) in [4.78, 5) is 2.23. The highest BCUT2D eigenvalue weighted by molar-refractivity contribution is 5.47. The number of aromatic nitrogens is 2. The predicted octanol–water partition coefficient (Wildman–Crippen LogP) is 4.34. The summed E-state index contributed by atoms with van der Waals surface area (Å²) in [5, 5.41) is 15.0. The summed E-state index contributed by atoms with van der Waals surface area (Å²) >= 11 is 0. The molecule has 2 aromatic carbocycles. The Morgan fingerprint density at radius 3 is 2.55 bits per heavy atom. The maximum Gasteiger partial charge on any atom is 0.227 e. The van der Waals surface area contributed by atoms with Crippen molar-refractivity contribution >= 4 is 0 Å². The van der Waals surface area contributed by atoms with Gasteiger partial charge in [-0.3, -0.25) is 4.90 Å². The Morgan fingerprint density at radius 1 is 1.15 bits per heavy atom. The van der Waals surface area contributed by atoms with Gasteiger partial charge >= 0.3 is 0 Å². The molecule has 33 heavy (non-hydrogen) atoms. The Balaban J connectivity index is 1.72. The Kier molecular flexibility index (Phi) is 7.65. The molecule has 0 spiro atoms. The van der Waals surface area contributed by atoms with Crippen molar-refractivity contribution in [2.45, 2.75) is 45.4 Å². The molecule has 7 nitrogen and oxygen atoms in total. The first-order valence-electron chi connectivity index (χ1n) is 11.5. The van der Waals surface area contributed by atoms with Gasteiger partial charge in [-0.05, 0) is 51.0 Å². The molecule has 1 fully saturated rings. The molecule has 0 aliphatic carbocycles. The zero-order chi connectivity index (χ0) is 23.2. The van der Waals surface area contributed by atoms with Crippen LogP contribution in [-0.2, 0) is 11.3 Å². The smallest absolute Gasteiger partial charge is 0.227 e. The fourth-order valence-corrected chi connectivity index (χ4v) is 4.25. The third-order valence-corrected chi connectivity index (χ3v) is 5.80. The monoisotopic (exact) mass is 451 g/mol. The van der Waals surface area contributed by atoms with Crippen LogP contribution in [0.4, 0.5) is 0 Å². The molecule has 0 radical (unpaired) electrons. The van der Waals surface area contributed by atoms with Crippen molar-refractivity contribution in [3.63, 3.8) is 0 Å². The minimum absolute atomic E-state index is 0.187. The van der Waals surface area contributed by atoms with E-state index in [0.717, 1.165) is 42.9 Å². The number of methoxy groups -OCH3 is 1. The number of aliphatic hydroxyl groups excluding tert-OH is 1. The van der Waals surface area contributed by atoms with E-state index >= 15 is 0 Å². The standard InChI is InChI=1S/C26H33N3O4/c1-19(30)16-28(17-22-12-9-15-32-22)18-23-20(2)27-29(21-10-5-4-6-11-21)26(23)33-25-14-8-7-13-24(25)31-3/h4-8,10-11,13-14,19,22,30H,9,12,15-18H2,1-3H3/t19-,22+/m1/s1. The summed E-state index contributed by atoms with van der Waals surface area (Å²) in [5.41, 5.74) is 2.77. The maximum absolute atomic E-state index is 10.1. The second-order valence-corrected chi connectivity index (χ2v) is 8.55. The molecule has 2 heterocycles. The molecule has 0 amide bonds. The molecule has 176 valence electrons. The number of aryl methyl sites for hydroxylation is 1. The number of hydrogen-bond donors (Lipinski definition) is 1. The quantitative estimate of drug-likeness (QED) is 0.494. The summed E-state index contributed by atoms with van der Waals surface area (Å²) in [5.74, 6) is 1.92. The van der Waals surface area contributed by atoms with Gasteiger partial charge in [0.05, 0.1) is 36.3 Å². The van der Waals surface area contributed by atoms with Crippen molar-refractivity contribution < 1.29 is 19.3 Å². The van der Waals surface area contributed by atoms with Crippen molar-refractivity contribution in [2.24, 2.45) is 0 Å². The third kappa shape index (κ3) is 5.74. The SMILES string of the molecule is COc1ccccc1Oc1c(CN(C[C@@H]2CCCO2)C[C@@H](C)O)c(C)nn1-c1ccccc1. The lowest BCUT2D eigenvalue weighted by atomic mass is 10.1. The van der Waals surface area contributed by atoms with Crippen LogP contribution in [0.5, 0.6) is 17.4 Å². The zero-order valence-corrected chi connectivity index (χ0v) is 19.6. The van der Waals surface area contributed by atoms with Gasteiger partial charge in [0.1, 0.15) is 0 Å². The lowest BCUT2D eigenvalue weighted by molar-refractivity contribution is 0.0500. The predicted molar refractivity (Wildman–Crippen MR) is 127 cm³/mol. The van der Waals surface area contributed by atoms with E-state index in [0.29, 0.717) is 30.5 Å². The molecule has 1 saturated heterocycles. The van der Waals surface area contributed by atoms with Crippen LogP contribution in [0.15, 0.2) is 54.6 Å². The van der Waals surface area contributed by atoms with Gasteiger partial charge in [-0.25, -0.2) is 4.68 Å². The first kappa shape index (κ1) is 23.3. The molecule has 7 heteroatoms. The van der Waals surface area contributed by atoms with E-state index in [9.17, 15) is 5.11 Å². The first-order valence-corrected chi connectivity index (χ1v) is 11.5. The highest BCUT2D eigenvalue weighted by atomic mass is 16.5. The summed E-state index contributed by atoms with van der Waals surface area (Å²) in [6.07, 6.45) is 1.87. The minimum atomic E-state index is -0.450. The Morgan fingerprint density at radius 2 is 1.88 bits per heavy atom. The summed E-state index contributed by atoms with van der Waals surface area (Å²) < 4.78 is 19.7. The Labute approximate surface area is 195 Å². The van der Waals surface area contributed by atoms with Crippen LogP contribution in [0.2, 0.25) is 0 Å². The Hall–Kier alpha value is -2.87. The fraction of sp³-hybridized carbons (Fsp3) is 0.423. The number of ether oxygens (including phenoxy) is 3. The number of rotatable bonds is 10. The molecule has 4 rings (SSSR count). The van der Waals surface area contributed by atoms with Gasteiger partial charge in [0.25, 0.3) is 0 Å². The molecule has 1 aromatic heterocycles. The lowest BCUT2D eigenvalue weighted by Gasteiger charge is -2.26. The number of aliphatic hydroxyl groups is 1. The number of hydrogen-bond acceptors (Lipinski definition) is 6. The molecular weight excluding hydrogens is 418 g/mol. The second kappa shape index (κ2) is 10.8. The molecule has 1 N–H and O–H groups in total. The maximum atomic E-state index is 10.1. The Bertz CT molecular complexity index is 1030. The van der Waals surface area contributed by atoms with Crippen molar-refractivity contribution in [3.8, 4) is 23.1 Å². The van der Waals surface area contributed by atoms with E-state index in [1.54, 1.807) is 7.11 Å². The van der Waals surface area contributed by atoms with Crippen molar-refractivity contribution in [3.05, 3.63) is 65.9 Å². The molecule has 2 atom stereocenters. The zero-order valence-electron chi connectivity index (χ0n) is 19.6. The van der Waals surface area contributed by atoms with Crippen LogP contribution in [-0.4, -0.2) is 58.8 Å². The van der Waals surface area contributed by atoms with Gasteiger partial charge in [0.2, 0.25) is 5.88 Å². The van der Waals surface area contributed by atoms with Crippen LogP contribution in [0, 0.1) is 6.92 Å². The van der Waals surface area contributed by atoms with Crippen LogP contribution in [0.1, 0.15) is 31.0 Å². The van der Waals surface area contributed by atoms with E-state index in [-0.39, 0.29) is 6.10 Å². The highest BCUT2D eigenvalue weighted by Crippen LogP contribution is 2.36. The molecule has 3 aromatic rings. The lowest BCUT2D eigenvalue weighted by Crippen LogP contribution is -2.36. The highest BCUT2D eigenvalue weighted by Gasteiger charge is 2.25. The summed E-state index contributed by atoms with van der Waals surface area (Å²) in [7, 11) is 1.63. The molecular formula is C26H33N3O4. The molecule has 1 aliphatic heterocycles. The number of nitrogens with zero attached hydrogens (tertiary/aromatic N) is 3. The normalized spacial score (nSPS) is 16.8. The van der Waals surface area contributed by atoms with Gasteiger partial charge in [-0.1, -0.05) is 30.3 Å². The summed E-state index contributed by atoms with van der Waals surface area (Å²) in [6, 6.07) is 17.6. The van der Waals surface area contributed by atoms with Gasteiger partial charge < -0.3 is 19.3 Å². The largest absolute Gasteiger partial charge is 0.493 e. The minimum Gasteiger partial charge on any atom is -0.493 e. The second-order valence-electron chi connectivity index (χ2n) is 8.55. The molecule has 0 unspecified atom stereocenters. The molecule has 0 saturated carbocycles. The average Bonchev–Trinajstić information content (AvgIpc) is 3.43. The van der Waals surface area contributed by atoms with Crippen LogP contribution in [0.3, 0.4) is 0 Å². The van der Waals surface area contributed by atoms with E-state index in [1.807, 2.05) is 73.1 Å². The van der Waals surface area contributed by atoms with Crippen molar-refractivity contribution in [2.75, 3.05) is 26.8 Å². The molecule has 1 aliphatic rings. The van der Waals surface area contributed by atoms with Gasteiger partial charge in [-0.2, -0.15) is 5.10 Å². The van der Waals surface area contributed by atoms with Crippen LogP contribution >= 0.6 is 0 Å². The topological polar surface area (TPSA) is 69.0 Å². The van der Waals surface area contributed by atoms with Gasteiger partial charge in [-0.15, -0.1) is 0 Å². The van der Waals surface area contributed by atoms with E-state index in [2.05, 4.69) is 4.90 Å². The van der Waals surface area contributed by atoms with Crippen molar-refractivity contribution in [1.29, 1.82) is 0 Å². The summed E-state index contributed by atoms with van der Waals surface area (Å²) in [6.45, 7) is 6.51. The van der Waals surface area contributed by atoms with Crippen LogP contribution in [0.25, 0.3) is 5.69 Å². The van der Waals surface area contributed by atoms with Gasteiger partial charge in [0, 0.05) is 26.2 Å². The van der Waals surface area contributed by atoms with Gasteiger partial charge in [0.15, 0.2) is 11.5 Å². The molecule has 0 bridgehead atoms. The third-order valence-electron chi connectivity index (χ3n) is 5.80. The van der Waals surface area contributed by atoms with E-state index in [4.69, 9.17) is 19.3 Å².